The molecule has 0 radical (unpaired) electrons. The molecule has 0 saturated carbocycles. The maximum Gasteiger partial charge on any atom is 0.263 e. The van der Waals surface area contributed by atoms with Gasteiger partial charge in [-0.3, -0.25) is 4.79 Å². The fourth-order valence-electron chi connectivity index (χ4n) is 3.10. The molecule has 3 aromatic rings. The van der Waals surface area contributed by atoms with Crippen LogP contribution < -0.4 is 10.1 Å². The number of aromatic nitrogens is 2. The van der Waals surface area contributed by atoms with Crippen molar-refractivity contribution in [3.05, 3.63) is 76.7 Å². The summed E-state index contributed by atoms with van der Waals surface area (Å²) in [6.07, 6.45) is 2.83. The van der Waals surface area contributed by atoms with Crippen molar-refractivity contribution in [3.8, 4) is 5.75 Å². The molecular formula is C22H21ClFN3O2S2. The molecule has 2 heterocycles. The second-order valence-corrected chi connectivity index (χ2v) is 10.1. The van der Waals surface area contributed by atoms with Gasteiger partial charge >= 0.3 is 0 Å². The van der Waals surface area contributed by atoms with E-state index in [9.17, 15) is 9.18 Å². The molecule has 1 fully saturated rings. The number of halogens is 2. The summed E-state index contributed by atoms with van der Waals surface area (Å²) < 4.78 is 21.3. The number of hydrogen-bond donors (Lipinski definition) is 1. The van der Waals surface area contributed by atoms with E-state index in [1.165, 1.54) is 35.6 Å². The van der Waals surface area contributed by atoms with Gasteiger partial charge in [0.25, 0.3) is 5.91 Å². The molecule has 1 aliphatic heterocycles. The lowest BCUT2D eigenvalue weighted by atomic mass is 10.2. The molecule has 0 atom stereocenters. The van der Waals surface area contributed by atoms with Crippen LogP contribution in [0.2, 0.25) is 5.02 Å². The Kier molecular flexibility index (Phi) is 7.42. The van der Waals surface area contributed by atoms with Gasteiger partial charge in [-0.15, -0.1) is 23.5 Å². The van der Waals surface area contributed by atoms with Crippen molar-refractivity contribution in [1.82, 2.24) is 9.78 Å². The molecule has 0 spiro atoms. The van der Waals surface area contributed by atoms with Crippen LogP contribution in [0, 0.1) is 5.82 Å². The van der Waals surface area contributed by atoms with E-state index in [2.05, 4.69) is 22.5 Å². The minimum absolute atomic E-state index is 0.0687. The van der Waals surface area contributed by atoms with Crippen molar-refractivity contribution < 1.29 is 13.9 Å². The predicted octanol–water partition coefficient (Wildman–Crippen LogP) is 5.61. The van der Waals surface area contributed by atoms with Gasteiger partial charge < -0.3 is 10.1 Å². The molecule has 0 aliphatic carbocycles. The van der Waals surface area contributed by atoms with E-state index in [1.54, 1.807) is 23.0 Å². The molecule has 1 amide bonds. The average Bonchev–Trinajstić information content (AvgIpc) is 3.22. The van der Waals surface area contributed by atoms with Crippen molar-refractivity contribution in [3.63, 3.8) is 0 Å². The molecule has 2 aromatic carbocycles. The number of thioether (sulfide) groups is 2. The molecule has 0 bridgehead atoms. The minimum atomic E-state index is -0.489. The van der Waals surface area contributed by atoms with Crippen molar-refractivity contribution in [1.29, 1.82) is 0 Å². The van der Waals surface area contributed by atoms with Crippen LogP contribution in [0.4, 0.5) is 10.2 Å². The molecule has 162 valence electrons. The van der Waals surface area contributed by atoms with Crippen molar-refractivity contribution in [2.75, 3.05) is 23.4 Å². The average molecular weight is 478 g/mol. The van der Waals surface area contributed by atoms with Gasteiger partial charge in [0.05, 0.1) is 22.3 Å². The van der Waals surface area contributed by atoms with E-state index in [1.807, 2.05) is 35.7 Å². The highest BCUT2D eigenvalue weighted by atomic mass is 35.5. The van der Waals surface area contributed by atoms with Gasteiger partial charge in [-0.1, -0.05) is 29.8 Å². The zero-order valence-corrected chi connectivity index (χ0v) is 19.0. The molecule has 4 rings (SSSR count). The van der Waals surface area contributed by atoms with Gasteiger partial charge in [0.15, 0.2) is 6.61 Å². The first kappa shape index (κ1) is 22.0. The number of carbonyl (C=O) groups is 1. The predicted molar refractivity (Wildman–Crippen MR) is 126 cm³/mol. The molecule has 0 unspecified atom stereocenters. The van der Waals surface area contributed by atoms with Crippen LogP contribution >= 0.6 is 35.1 Å². The van der Waals surface area contributed by atoms with Crippen LogP contribution in [-0.2, 0) is 11.3 Å². The lowest BCUT2D eigenvalue weighted by Gasteiger charge is -2.21. The van der Waals surface area contributed by atoms with Gasteiger partial charge in [0.2, 0.25) is 0 Å². The van der Waals surface area contributed by atoms with Gasteiger partial charge in [-0.25, -0.2) is 9.07 Å². The molecule has 1 aromatic heterocycles. The van der Waals surface area contributed by atoms with E-state index in [-0.39, 0.29) is 17.5 Å². The molecule has 31 heavy (non-hydrogen) atoms. The monoisotopic (exact) mass is 477 g/mol. The maximum absolute atomic E-state index is 13.7. The smallest absolute Gasteiger partial charge is 0.263 e. The SMILES string of the molecule is O=C(COc1ccc(C2SCCCS2)cc1)Nc1ccnn1Cc1ccc(Cl)c(F)c1. The van der Waals surface area contributed by atoms with E-state index in [0.717, 1.165) is 0 Å². The van der Waals surface area contributed by atoms with E-state index < -0.39 is 5.82 Å². The van der Waals surface area contributed by atoms with Gasteiger partial charge in [-0.2, -0.15) is 5.10 Å². The van der Waals surface area contributed by atoms with Crippen molar-refractivity contribution >= 4 is 46.8 Å². The Morgan fingerprint density at radius 2 is 1.97 bits per heavy atom. The quantitative estimate of drug-likeness (QED) is 0.479. The van der Waals surface area contributed by atoms with Crippen LogP contribution in [0.15, 0.2) is 54.7 Å². The number of anilines is 1. The number of benzene rings is 2. The second kappa shape index (κ2) is 10.4. The first-order chi connectivity index (χ1) is 15.1. The Labute approximate surface area is 193 Å². The van der Waals surface area contributed by atoms with Crippen LogP contribution in [-0.4, -0.2) is 33.8 Å². The number of ether oxygens (including phenoxy) is 1. The summed E-state index contributed by atoms with van der Waals surface area (Å²) >= 11 is 9.66. The number of amides is 1. The third-order valence-corrected chi connectivity index (χ3v) is 7.97. The Morgan fingerprint density at radius 3 is 2.71 bits per heavy atom. The zero-order valence-electron chi connectivity index (χ0n) is 16.6. The first-order valence-corrected chi connectivity index (χ1v) is 12.3. The fraction of sp³-hybridized carbons (Fsp3) is 0.273. The van der Waals surface area contributed by atoms with E-state index >= 15 is 0 Å². The van der Waals surface area contributed by atoms with Crippen LogP contribution in [0.25, 0.3) is 0 Å². The Morgan fingerprint density at radius 1 is 1.19 bits per heavy atom. The summed E-state index contributed by atoms with van der Waals surface area (Å²) in [5.74, 6) is 2.75. The normalized spacial score (nSPS) is 14.4. The first-order valence-electron chi connectivity index (χ1n) is 9.80. The Hall–Kier alpha value is -2.16. The van der Waals surface area contributed by atoms with Crippen LogP contribution in [0.3, 0.4) is 0 Å². The number of hydrogen-bond acceptors (Lipinski definition) is 5. The van der Waals surface area contributed by atoms with Gasteiger partial charge in [-0.05, 0) is 53.3 Å². The zero-order chi connectivity index (χ0) is 21.6. The van der Waals surface area contributed by atoms with Crippen molar-refractivity contribution in [2.45, 2.75) is 17.5 Å². The third-order valence-electron chi connectivity index (χ3n) is 4.65. The summed E-state index contributed by atoms with van der Waals surface area (Å²) in [4.78, 5) is 12.3. The summed E-state index contributed by atoms with van der Waals surface area (Å²) in [6, 6.07) is 14.2. The molecular weight excluding hydrogens is 457 g/mol. The minimum Gasteiger partial charge on any atom is -0.484 e. The molecule has 1 saturated heterocycles. The maximum atomic E-state index is 13.7. The van der Waals surface area contributed by atoms with Crippen LogP contribution in [0.5, 0.6) is 5.75 Å². The molecule has 1 aliphatic rings. The highest BCUT2D eigenvalue weighted by Crippen LogP contribution is 2.43. The topological polar surface area (TPSA) is 56.1 Å². The third kappa shape index (κ3) is 5.96. The van der Waals surface area contributed by atoms with E-state index in [4.69, 9.17) is 16.3 Å². The largest absolute Gasteiger partial charge is 0.484 e. The fourth-order valence-corrected chi connectivity index (χ4v) is 6.12. The lowest BCUT2D eigenvalue weighted by molar-refractivity contribution is -0.118. The molecule has 5 nitrogen and oxygen atoms in total. The highest BCUT2D eigenvalue weighted by molar-refractivity contribution is 8.16. The molecule has 9 heteroatoms. The summed E-state index contributed by atoms with van der Waals surface area (Å²) in [5, 5.41) is 7.04. The standard InChI is InChI=1S/C22H21ClFN3O2S2/c23-18-7-2-15(12-19(18)24)13-27-20(8-9-25-27)26-21(28)14-29-17-5-3-16(4-6-17)22-30-10-1-11-31-22/h2-9,12,22H,1,10-11,13-14H2,(H,26,28). The lowest BCUT2D eigenvalue weighted by Crippen LogP contribution is -2.22. The van der Waals surface area contributed by atoms with Crippen molar-refractivity contribution in [2.24, 2.45) is 0 Å². The summed E-state index contributed by atoms with van der Waals surface area (Å²) in [5.41, 5.74) is 1.96. The molecule has 1 N–H and O–H groups in total. The highest BCUT2D eigenvalue weighted by Gasteiger charge is 2.16. The van der Waals surface area contributed by atoms with E-state index in [0.29, 0.717) is 28.3 Å². The summed E-state index contributed by atoms with van der Waals surface area (Å²) in [7, 11) is 0. The summed E-state index contributed by atoms with van der Waals surface area (Å²) in [6.45, 7) is 0.184. The number of nitrogens with zero attached hydrogens (tertiary/aromatic N) is 2. The second-order valence-electron chi connectivity index (χ2n) is 6.96. The Bertz CT molecular complexity index is 1040. The Balaban J connectivity index is 1.30. The number of carbonyl (C=O) groups excluding carboxylic acids is 1. The van der Waals surface area contributed by atoms with Gasteiger partial charge in [0.1, 0.15) is 17.4 Å². The number of nitrogens with one attached hydrogen (secondary N) is 1. The van der Waals surface area contributed by atoms with Gasteiger partial charge in [0, 0.05) is 6.07 Å². The van der Waals surface area contributed by atoms with Crippen LogP contribution in [0.1, 0.15) is 22.1 Å². The number of rotatable bonds is 7.